The Bertz CT molecular complexity index is 442. The van der Waals surface area contributed by atoms with E-state index >= 15 is 0 Å². The summed E-state index contributed by atoms with van der Waals surface area (Å²) in [6, 6.07) is 0.452. The molecule has 0 radical (unpaired) electrons. The summed E-state index contributed by atoms with van der Waals surface area (Å²) in [6.07, 6.45) is 4.98. The second-order valence-electron chi connectivity index (χ2n) is 6.64. The van der Waals surface area contributed by atoms with E-state index in [1.807, 2.05) is 26.2 Å². The summed E-state index contributed by atoms with van der Waals surface area (Å²) in [6.45, 7) is 7.65. The maximum absolute atomic E-state index is 11.9. The first kappa shape index (κ1) is 16.4. The first-order valence-corrected chi connectivity index (χ1v) is 8.49. The predicted octanol–water partition coefficient (Wildman–Crippen LogP) is 3.01. The van der Waals surface area contributed by atoms with Crippen molar-refractivity contribution in [3.8, 4) is 0 Å². The molecule has 2 rings (SSSR count). The van der Waals surface area contributed by atoms with E-state index in [0.717, 1.165) is 31.6 Å². The number of carbonyl (C=O) groups is 1. The smallest absolute Gasteiger partial charge is 0.306 e. The molecule has 118 valence electrons. The number of nitrogens with zero attached hydrogens (tertiary/aromatic N) is 3. The van der Waals surface area contributed by atoms with Crippen LogP contribution in [0.2, 0.25) is 0 Å². The van der Waals surface area contributed by atoms with Gasteiger partial charge in [-0.3, -0.25) is 9.69 Å². The van der Waals surface area contributed by atoms with E-state index in [9.17, 15) is 4.79 Å². The highest BCUT2D eigenvalue weighted by Crippen LogP contribution is 2.23. The fraction of sp³-hybridized carbons (Fsp3) is 0.800. The quantitative estimate of drug-likeness (QED) is 0.782. The molecule has 1 aliphatic heterocycles. The number of carbonyl (C=O) groups excluding carboxylic acids is 1. The average Bonchev–Trinajstić information content (AvgIpc) is 2.88. The van der Waals surface area contributed by atoms with Crippen molar-refractivity contribution in [1.82, 2.24) is 14.5 Å². The van der Waals surface area contributed by atoms with Gasteiger partial charge < -0.3 is 4.74 Å². The van der Waals surface area contributed by atoms with Crippen LogP contribution in [0.4, 0.5) is 0 Å². The number of piperidine rings is 1. The zero-order chi connectivity index (χ0) is 15.3. The minimum absolute atomic E-state index is 0.0941. The van der Waals surface area contributed by atoms with Gasteiger partial charge in [0.05, 0.1) is 5.69 Å². The van der Waals surface area contributed by atoms with Crippen molar-refractivity contribution in [2.24, 2.45) is 0 Å². The molecule has 1 fully saturated rings. The highest BCUT2D eigenvalue weighted by molar-refractivity contribution is 7.03. The fourth-order valence-corrected chi connectivity index (χ4v) is 3.18. The molecule has 1 saturated heterocycles. The van der Waals surface area contributed by atoms with E-state index < -0.39 is 5.60 Å². The molecule has 0 saturated carbocycles. The van der Waals surface area contributed by atoms with Crippen molar-refractivity contribution in [2.75, 3.05) is 6.54 Å². The summed E-state index contributed by atoms with van der Waals surface area (Å²) in [5.41, 5.74) is 0.638. The maximum atomic E-state index is 11.9. The van der Waals surface area contributed by atoms with Crippen LogP contribution >= 0.6 is 11.5 Å². The van der Waals surface area contributed by atoms with Crippen molar-refractivity contribution >= 4 is 17.5 Å². The highest BCUT2D eigenvalue weighted by atomic mass is 32.1. The van der Waals surface area contributed by atoms with Gasteiger partial charge in [0.25, 0.3) is 0 Å². The first-order chi connectivity index (χ1) is 9.94. The van der Waals surface area contributed by atoms with Gasteiger partial charge in [0.2, 0.25) is 0 Å². The van der Waals surface area contributed by atoms with Crippen molar-refractivity contribution in [1.29, 1.82) is 0 Å². The van der Waals surface area contributed by atoms with Crippen molar-refractivity contribution in [2.45, 2.75) is 71.1 Å². The molecular weight excluding hydrogens is 286 g/mol. The van der Waals surface area contributed by atoms with E-state index in [1.54, 1.807) is 0 Å². The molecule has 6 heteroatoms. The third-order valence-corrected chi connectivity index (χ3v) is 4.17. The van der Waals surface area contributed by atoms with Crippen molar-refractivity contribution in [3.63, 3.8) is 0 Å². The molecule has 1 aliphatic rings. The van der Waals surface area contributed by atoms with Gasteiger partial charge in [-0.25, -0.2) is 0 Å². The first-order valence-electron chi connectivity index (χ1n) is 7.66. The van der Waals surface area contributed by atoms with Crippen LogP contribution in [0.15, 0.2) is 5.38 Å². The SMILES string of the molecule is CC(C)(C)OC(=O)CC[C@H]1CCCCN1Cc1csnn1. The van der Waals surface area contributed by atoms with Crippen LogP contribution in [-0.4, -0.2) is 38.6 Å². The van der Waals surface area contributed by atoms with E-state index in [4.69, 9.17) is 4.74 Å². The normalized spacial score (nSPS) is 20.4. The molecule has 0 aliphatic carbocycles. The van der Waals surface area contributed by atoms with Crippen LogP contribution < -0.4 is 0 Å². The van der Waals surface area contributed by atoms with Crippen LogP contribution in [0.5, 0.6) is 0 Å². The van der Waals surface area contributed by atoms with Gasteiger partial charge in [0, 0.05) is 24.4 Å². The Morgan fingerprint density at radius 2 is 2.29 bits per heavy atom. The molecule has 0 aromatic carbocycles. The summed E-state index contributed by atoms with van der Waals surface area (Å²) >= 11 is 1.39. The monoisotopic (exact) mass is 311 g/mol. The second kappa shape index (κ2) is 7.31. The maximum Gasteiger partial charge on any atom is 0.306 e. The van der Waals surface area contributed by atoms with Gasteiger partial charge in [-0.05, 0) is 58.1 Å². The summed E-state index contributed by atoms with van der Waals surface area (Å²) in [5, 5.41) is 6.12. The molecule has 1 aromatic rings. The number of esters is 1. The zero-order valence-corrected chi connectivity index (χ0v) is 14.0. The number of rotatable bonds is 5. The Morgan fingerprint density at radius 1 is 1.48 bits per heavy atom. The van der Waals surface area contributed by atoms with Crippen LogP contribution in [0, 0.1) is 0 Å². The lowest BCUT2D eigenvalue weighted by Gasteiger charge is -2.35. The average molecular weight is 311 g/mol. The minimum atomic E-state index is -0.393. The Labute approximate surface area is 130 Å². The van der Waals surface area contributed by atoms with Crippen molar-refractivity contribution in [3.05, 3.63) is 11.1 Å². The van der Waals surface area contributed by atoms with Gasteiger partial charge in [-0.2, -0.15) is 0 Å². The molecule has 0 spiro atoms. The van der Waals surface area contributed by atoms with Crippen molar-refractivity contribution < 1.29 is 9.53 Å². The molecule has 21 heavy (non-hydrogen) atoms. The number of hydrogen-bond donors (Lipinski definition) is 0. The Morgan fingerprint density at radius 3 is 2.95 bits per heavy atom. The molecule has 1 aromatic heterocycles. The third kappa shape index (κ3) is 5.71. The molecule has 0 unspecified atom stereocenters. The van der Waals surface area contributed by atoms with Gasteiger partial charge in [0.15, 0.2) is 0 Å². The lowest BCUT2D eigenvalue weighted by molar-refractivity contribution is -0.155. The minimum Gasteiger partial charge on any atom is -0.460 e. The zero-order valence-electron chi connectivity index (χ0n) is 13.2. The molecule has 2 heterocycles. The van der Waals surface area contributed by atoms with Gasteiger partial charge in [-0.15, -0.1) is 5.10 Å². The number of hydrogen-bond acceptors (Lipinski definition) is 6. The largest absolute Gasteiger partial charge is 0.460 e. The standard InChI is InChI=1S/C15H25N3O2S/c1-15(2,3)20-14(19)8-7-13-6-4-5-9-18(13)10-12-11-21-17-16-12/h11,13H,4-10H2,1-3H3/t13-/m1/s1. The fourth-order valence-electron chi connectivity index (χ4n) is 2.73. The molecular formula is C15H25N3O2S. The number of aromatic nitrogens is 2. The van der Waals surface area contributed by atoms with Gasteiger partial charge >= 0.3 is 5.97 Å². The van der Waals surface area contributed by atoms with Crippen LogP contribution in [-0.2, 0) is 16.1 Å². The lowest BCUT2D eigenvalue weighted by Crippen LogP contribution is -2.39. The predicted molar refractivity (Wildman–Crippen MR) is 83.0 cm³/mol. The molecule has 0 N–H and O–H groups in total. The van der Waals surface area contributed by atoms with Gasteiger partial charge in [-0.1, -0.05) is 10.9 Å². The Hall–Kier alpha value is -1.01. The number of likely N-dealkylation sites (tertiary alicyclic amines) is 1. The van der Waals surface area contributed by atoms with E-state index in [-0.39, 0.29) is 5.97 Å². The summed E-state index contributed by atoms with van der Waals surface area (Å²) < 4.78 is 9.31. The van der Waals surface area contributed by atoms with Gasteiger partial charge in [0.1, 0.15) is 5.60 Å². The Kier molecular flexibility index (Phi) is 5.70. The molecule has 1 atom stereocenters. The van der Waals surface area contributed by atoms with Crippen LogP contribution in [0.1, 0.15) is 58.6 Å². The summed E-state index contributed by atoms with van der Waals surface area (Å²) in [4.78, 5) is 14.3. The van der Waals surface area contributed by atoms with E-state index in [1.165, 1.54) is 24.4 Å². The highest BCUT2D eigenvalue weighted by Gasteiger charge is 2.25. The molecule has 0 bridgehead atoms. The second-order valence-corrected chi connectivity index (χ2v) is 7.25. The topological polar surface area (TPSA) is 55.3 Å². The summed E-state index contributed by atoms with van der Waals surface area (Å²) in [5.74, 6) is -0.0941. The van der Waals surface area contributed by atoms with E-state index in [0.29, 0.717) is 12.5 Å². The number of ether oxygens (including phenoxy) is 1. The summed E-state index contributed by atoms with van der Waals surface area (Å²) in [7, 11) is 0. The van der Waals surface area contributed by atoms with Crippen LogP contribution in [0.25, 0.3) is 0 Å². The Balaban J connectivity index is 1.83. The third-order valence-electron chi connectivity index (χ3n) is 3.62. The molecule has 5 nitrogen and oxygen atoms in total. The molecule has 0 amide bonds. The van der Waals surface area contributed by atoms with Crippen LogP contribution in [0.3, 0.4) is 0 Å². The van der Waals surface area contributed by atoms with E-state index in [2.05, 4.69) is 14.5 Å². The lowest BCUT2D eigenvalue weighted by atomic mass is 9.97.